The first-order valence-electron chi connectivity index (χ1n) is 2.82. The molecule has 4 nitrogen and oxygen atoms in total. The van der Waals surface area contributed by atoms with Gasteiger partial charge in [-0.1, -0.05) is 16.8 Å². The van der Waals surface area contributed by atoms with Crippen LogP contribution in [0.4, 0.5) is 0 Å². The van der Waals surface area contributed by atoms with Crippen LogP contribution in [-0.2, 0) is 0 Å². The van der Waals surface area contributed by atoms with E-state index in [2.05, 4.69) is 10.1 Å². The van der Waals surface area contributed by atoms with E-state index in [1.807, 2.05) is 0 Å². The van der Waals surface area contributed by atoms with E-state index in [9.17, 15) is 0 Å². The zero-order chi connectivity index (χ0) is 8.27. The first-order chi connectivity index (χ1) is 5.24. The highest BCUT2D eigenvalue weighted by Crippen LogP contribution is 2.07. The topological polar surface area (TPSA) is 71.5 Å². The first kappa shape index (κ1) is 7.81. The van der Waals surface area contributed by atoms with Gasteiger partial charge in [0.15, 0.2) is 5.84 Å². The minimum Gasteiger partial charge on any atom is -0.409 e. The van der Waals surface area contributed by atoms with Crippen molar-refractivity contribution in [3.05, 3.63) is 29.0 Å². The minimum atomic E-state index is 0.000000000000000444. The zero-order valence-electron chi connectivity index (χ0n) is 5.53. The van der Waals surface area contributed by atoms with Crippen LogP contribution in [0.2, 0.25) is 5.02 Å². The Hall–Kier alpha value is -1.29. The van der Waals surface area contributed by atoms with Crippen LogP contribution in [0.25, 0.3) is 0 Å². The molecule has 0 spiro atoms. The highest BCUT2D eigenvalue weighted by atomic mass is 35.5. The molecule has 0 atom stereocenters. The van der Waals surface area contributed by atoms with E-state index in [4.69, 9.17) is 22.5 Å². The Labute approximate surface area is 68.3 Å². The number of oxime groups is 1. The summed E-state index contributed by atoms with van der Waals surface area (Å²) in [5.41, 5.74) is 5.76. The number of aromatic nitrogens is 1. The SMILES string of the molecule is N/C(=N\O)c1cncc(Cl)c1. The molecule has 0 bridgehead atoms. The molecule has 3 N–H and O–H groups in total. The molecule has 1 aromatic rings. The molecule has 1 heterocycles. The number of amidine groups is 1. The third kappa shape index (κ3) is 1.81. The molecule has 0 saturated heterocycles. The maximum absolute atomic E-state index is 8.27. The van der Waals surface area contributed by atoms with Crippen molar-refractivity contribution in [3.8, 4) is 0 Å². The molecular formula is C6H6ClN3O. The number of hydrogen-bond acceptors (Lipinski definition) is 3. The third-order valence-corrected chi connectivity index (χ3v) is 1.32. The summed E-state index contributed by atoms with van der Waals surface area (Å²) in [6.45, 7) is 0. The van der Waals surface area contributed by atoms with Crippen molar-refractivity contribution in [3.63, 3.8) is 0 Å². The Balaban J connectivity index is 3.06. The monoisotopic (exact) mass is 171 g/mol. The van der Waals surface area contributed by atoms with Gasteiger partial charge in [-0.15, -0.1) is 0 Å². The number of rotatable bonds is 1. The zero-order valence-corrected chi connectivity index (χ0v) is 6.28. The van der Waals surface area contributed by atoms with Gasteiger partial charge in [0.2, 0.25) is 0 Å². The molecule has 58 valence electrons. The summed E-state index contributed by atoms with van der Waals surface area (Å²) in [4.78, 5) is 3.75. The second kappa shape index (κ2) is 3.21. The van der Waals surface area contributed by atoms with E-state index in [0.29, 0.717) is 10.6 Å². The van der Waals surface area contributed by atoms with Crippen LogP contribution in [-0.4, -0.2) is 16.0 Å². The molecule has 0 saturated carbocycles. The van der Waals surface area contributed by atoms with Gasteiger partial charge in [0.05, 0.1) is 5.02 Å². The molecule has 0 amide bonds. The quantitative estimate of drug-likeness (QED) is 0.285. The molecule has 0 aromatic carbocycles. The average molecular weight is 172 g/mol. The molecule has 5 heteroatoms. The van der Waals surface area contributed by atoms with Gasteiger partial charge in [0.1, 0.15) is 0 Å². The molecule has 0 aliphatic carbocycles. The Kier molecular flexibility index (Phi) is 2.28. The maximum atomic E-state index is 8.27. The predicted octanol–water partition coefficient (Wildman–Crippen LogP) is 0.829. The molecule has 0 aliphatic rings. The summed E-state index contributed by atoms with van der Waals surface area (Å²) in [5, 5.41) is 11.5. The van der Waals surface area contributed by atoms with E-state index < -0.39 is 0 Å². The Morgan fingerprint density at radius 1 is 1.64 bits per heavy atom. The third-order valence-electron chi connectivity index (χ3n) is 1.11. The molecule has 1 rings (SSSR count). The fourth-order valence-electron chi connectivity index (χ4n) is 0.610. The van der Waals surface area contributed by atoms with Crippen LogP contribution >= 0.6 is 11.6 Å². The second-order valence-electron chi connectivity index (χ2n) is 1.88. The number of nitrogens with zero attached hydrogens (tertiary/aromatic N) is 2. The number of nitrogens with two attached hydrogens (primary N) is 1. The van der Waals surface area contributed by atoms with Gasteiger partial charge in [0.25, 0.3) is 0 Å². The number of halogens is 1. The van der Waals surface area contributed by atoms with Gasteiger partial charge < -0.3 is 10.9 Å². The van der Waals surface area contributed by atoms with Crippen molar-refractivity contribution in [2.24, 2.45) is 10.9 Å². The van der Waals surface area contributed by atoms with Crippen LogP contribution in [0, 0.1) is 0 Å². The molecule has 0 aliphatic heterocycles. The van der Waals surface area contributed by atoms with Crippen molar-refractivity contribution in [1.82, 2.24) is 4.98 Å². The lowest BCUT2D eigenvalue weighted by atomic mass is 10.3. The summed E-state index contributed by atoms with van der Waals surface area (Å²) in [5.74, 6) is 0.000000000000000444. The molecule has 1 aromatic heterocycles. The Morgan fingerprint density at radius 2 is 2.36 bits per heavy atom. The van der Waals surface area contributed by atoms with Gasteiger partial charge in [-0.3, -0.25) is 4.98 Å². The minimum absolute atomic E-state index is 0.000000000000000444. The van der Waals surface area contributed by atoms with E-state index in [1.54, 1.807) is 6.07 Å². The second-order valence-corrected chi connectivity index (χ2v) is 2.31. The van der Waals surface area contributed by atoms with Crippen molar-refractivity contribution in [2.75, 3.05) is 0 Å². The first-order valence-corrected chi connectivity index (χ1v) is 3.20. The fraction of sp³-hybridized carbons (Fsp3) is 0. The standard InChI is InChI=1S/C6H6ClN3O/c7-5-1-4(2-9-3-5)6(8)10-11/h1-3,11H,(H2,8,10). The van der Waals surface area contributed by atoms with E-state index >= 15 is 0 Å². The summed E-state index contributed by atoms with van der Waals surface area (Å²) in [6, 6.07) is 1.56. The van der Waals surface area contributed by atoms with Gasteiger partial charge in [-0.05, 0) is 6.07 Å². The molecule has 0 unspecified atom stereocenters. The van der Waals surface area contributed by atoms with Crippen molar-refractivity contribution in [1.29, 1.82) is 0 Å². The lowest BCUT2D eigenvalue weighted by molar-refractivity contribution is 0.318. The van der Waals surface area contributed by atoms with E-state index in [1.165, 1.54) is 12.4 Å². The van der Waals surface area contributed by atoms with Gasteiger partial charge >= 0.3 is 0 Å². The maximum Gasteiger partial charge on any atom is 0.171 e. The van der Waals surface area contributed by atoms with Crippen LogP contribution in [0.3, 0.4) is 0 Å². The number of pyridine rings is 1. The summed E-state index contributed by atoms with van der Waals surface area (Å²) in [6.07, 6.45) is 2.93. The lowest BCUT2D eigenvalue weighted by Gasteiger charge is -1.96. The van der Waals surface area contributed by atoms with Crippen molar-refractivity contribution in [2.45, 2.75) is 0 Å². The van der Waals surface area contributed by atoms with Crippen molar-refractivity contribution >= 4 is 17.4 Å². The van der Waals surface area contributed by atoms with Crippen molar-refractivity contribution < 1.29 is 5.21 Å². The average Bonchev–Trinajstić information content (AvgIpc) is 2.03. The van der Waals surface area contributed by atoms with Gasteiger partial charge in [0, 0.05) is 18.0 Å². The summed E-state index contributed by atoms with van der Waals surface area (Å²) < 4.78 is 0. The van der Waals surface area contributed by atoms with Gasteiger partial charge in [-0.25, -0.2) is 0 Å². The largest absolute Gasteiger partial charge is 0.409 e. The highest BCUT2D eigenvalue weighted by Gasteiger charge is 1.98. The Morgan fingerprint density at radius 3 is 2.91 bits per heavy atom. The summed E-state index contributed by atoms with van der Waals surface area (Å²) in [7, 11) is 0. The smallest absolute Gasteiger partial charge is 0.171 e. The van der Waals surface area contributed by atoms with Crippen LogP contribution in [0.15, 0.2) is 23.6 Å². The van der Waals surface area contributed by atoms with E-state index in [-0.39, 0.29) is 5.84 Å². The number of hydrogen-bond donors (Lipinski definition) is 2. The van der Waals surface area contributed by atoms with E-state index in [0.717, 1.165) is 0 Å². The normalized spacial score (nSPS) is 11.5. The molecule has 11 heavy (non-hydrogen) atoms. The molecule has 0 fully saturated rings. The van der Waals surface area contributed by atoms with Gasteiger partial charge in [-0.2, -0.15) is 0 Å². The Bertz CT molecular complexity index is 287. The molecule has 0 radical (unpaired) electrons. The van der Waals surface area contributed by atoms with Crippen LogP contribution in [0.5, 0.6) is 0 Å². The molecular weight excluding hydrogens is 166 g/mol. The summed E-state index contributed by atoms with van der Waals surface area (Å²) >= 11 is 5.59. The van der Waals surface area contributed by atoms with Crippen LogP contribution in [0.1, 0.15) is 5.56 Å². The highest BCUT2D eigenvalue weighted by molar-refractivity contribution is 6.30. The van der Waals surface area contributed by atoms with Crippen LogP contribution < -0.4 is 5.73 Å². The fourth-order valence-corrected chi connectivity index (χ4v) is 0.784. The predicted molar refractivity (Wildman–Crippen MR) is 41.8 cm³/mol. The lowest BCUT2D eigenvalue weighted by Crippen LogP contribution is -2.13.